The fourth-order valence-electron chi connectivity index (χ4n) is 3.68. The van der Waals surface area contributed by atoms with Crippen LogP contribution in [-0.4, -0.2) is 126 Å². The summed E-state index contributed by atoms with van der Waals surface area (Å²) in [4.78, 5) is 49.3. The summed E-state index contributed by atoms with van der Waals surface area (Å²) in [5.41, 5.74) is 0. The van der Waals surface area contributed by atoms with Gasteiger partial charge in [0.15, 0.2) is 9.84 Å². The quantitative estimate of drug-likeness (QED) is 0.314. The number of fused-ring (bicyclic) bond motifs is 2. The number of hydrogen-bond acceptors (Lipinski definition) is 9. The second-order valence-corrected chi connectivity index (χ2v) is 10.7. The number of amides is 4. The van der Waals surface area contributed by atoms with Crippen molar-refractivity contribution in [3.05, 3.63) is 0 Å². The zero-order valence-electron chi connectivity index (χ0n) is 16.0. The van der Waals surface area contributed by atoms with Gasteiger partial charge in [-0.25, -0.2) is 8.42 Å². The van der Waals surface area contributed by atoms with E-state index in [0.717, 1.165) is 5.75 Å². The van der Waals surface area contributed by atoms with E-state index >= 15 is 0 Å². The number of nitrogens with one attached hydrogen (secondary N) is 2. The summed E-state index contributed by atoms with van der Waals surface area (Å²) in [7, 11) is -3.25. The topological polar surface area (TPSA) is 173 Å². The van der Waals surface area contributed by atoms with Crippen molar-refractivity contribution < 1.29 is 37.8 Å². The van der Waals surface area contributed by atoms with Crippen molar-refractivity contribution in [2.45, 2.75) is 24.2 Å². The van der Waals surface area contributed by atoms with Crippen molar-refractivity contribution in [3.8, 4) is 0 Å². The molecule has 4 heterocycles. The summed E-state index contributed by atoms with van der Waals surface area (Å²) >= 11 is 1.68. The summed E-state index contributed by atoms with van der Waals surface area (Å²) in [5.74, 6) is -0.149. The van der Waals surface area contributed by atoms with Crippen LogP contribution in [0.25, 0.3) is 0 Å². The first-order valence-electron chi connectivity index (χ1n) is 9.40. The molecule has 0 saturated carbocycles. The molecule has 4 atom stereocenters. The molecule has 0 aliphatic carbocycles. The van der Waals surface area contributed by atoms with E-state index in [9.17, 15) is 27.6 Å². The third-order valence-electron chi connectivity index (χ3n) is 5.33. The summed E-state index contributed by atoms with van der Waals surface area (Å²) in [6, 6.07) is -2.94. The fraction of sp³-hybridized carbons (Fsp3) is 0.750. The van der Waals surface area contributed by atoms with Crippen LogP contribution >= 0.6 is 11.8 Å². The van der Waals surface area contributed by atoms with Gasteiger partial charge in [0, 0.05) is 24.6 Å². The van der Waals surface area contributed by atoms with E-state index in [1.54, 1.807) is 16.7 Å². The van der Waals surface area contributed by atoms with Gasteiger partial charge in [0.25, 0.3) is 0 Å². The molecule has 4 saturated heterocycles. The molecule has 4 N–H and O–H groups in total. The third kappa shape index (κ3) is 4.55. The lowest BCUT2D eigenvalue weighted by molar-refractivity contribution is -0.149. The maximum absolute atomic E-state index is 11.7. The molecule has 2 unspecified atom stereocenters. The number of nitrogens with zero attached hydrogens (tertiary/aromatic N) is 2. The van der Waals surface area contributed by atoms with Gasteiger partial charge in [0.2, 0.25) is 23.6 Å². The molecule has 0 radical (unpaired) electrons. The van der Waals surface area contributed by atoms with Crippen LogP contribution in [0.3, 0.4) is 0 Å². The lowest BCUT2D eigenvalue weighted by atomic mass is 10.1. The predicted molar refractivity (Wildman–Crippen MR) is 105 cm³/mol. The highest BCUT2D eigenvalue weighted by Crippen LogP contribution is 2.20. The van der Waals surface area contributed by atoms with Crippen LogP contribution in [0, 0.1) is 0 Å². The van der Waals surface area contributed by atoms with Crippen LogP contribution in [-0.2, 0) is 29.0 Å². The Bertz CT molecular complexity index is 835. The van der Waals surface area contributed by atoms with Gasteiger partial charge in [0.1, 0.15) is 24.2 Å². The number of carbonyl (C=O) groups excluding carboxylic acids is 4. The first kappa shape index (κ1) is 22.8. The molecule has 0 spiro atoms. The van der Waals surface area contributed by atoms with Gasteiger partial charge in [-0.1, -0.05) is 0 Å². The molecule has 12 nitrogen and oxygen atoms in total. The molecular weight excluding hydrogens is 440 g/mol. The SMILES string of the molecule is O=C1N[C@H](CO)C(=O)N2CCS(=O)(=O)CC12.O=C1N[C@H](CO)C(=O)N2CCSCC12. The molecule has 14 heteroatoms. The average Bonchev–Trinajstić information content (AvgIpc) is 2.73. The monoisotopic (exact) mass is 464 g/mol. The lowest BCUT2D eigenvalue weighted by Crippen LogP contribution is -2.68. The molecule has 4 aliphatic rings. The first-order chi connectivity index (χ1) is 14.2. The minimum absolute atomic E-state index is 0.0236. The van der Waals surface area contributed by atoms with Gasteiger partial charge in [-0.2, -0.15) is 11.8 Å². The summed E-state index contributed by atoms with van der Waals surface area (Å²) in [6.45, 7) is -0.157. The van der Waals surface area contributed by atoms with E-state index in [1.165, 1.54) is 4.90 Å². The Morgan fingerprint density at radius 2 is 1.43 bits per heavy atom. The Balaban J connectivity index is 0.000000172. The highest BCUT2D eigenvalue weighted by atomic mass is 32.2. The Kier molecular flexibility index (Phi) is 6.89. The van der Waals surface area contributed by atoms with E-state index in [0.29, 0.717) is 12.3 Å². The van der Waals surface area contributed by atoms with Crippen molar-refractivity contribution in [3.63, 3.8) is 0 Å². The Hall–Kier alpha value is -1.90. The standard InChI is InChI=1S/C8H12N2O5S.C8H12N2O3S/c11-3-5-8(13)10-1-2-16(14,15)4-6(10)7(12)9-5;11-3-5-8(13)10-1-2-14-4-6(10)7(12)9-5/h5-6,11H,1-4H2,(H,9,12);5-6,11H,1-4H2,(H,9,12)/t2*5-,6?/m11/s1. The maximum atomic E-state index is 11.7. The average molecular weight is 465 g/mol. The van der Waals surface area contributed by atoms with E-state index in [1.807, 2.05) is 0 Å². The second kappa shape index (κ2) is 9.08. The molecule has 0 aromatic heterocycles. The zero-order chi connectivity index (χ0) is 22.1. The van der Waals surface area contributed by atoms with Crippen LogP contribution in [0.1, 0.15) is 0 Å². The van der Waals surface area contributed by atoms with Crippen molar-refractivity contribution in [2.75, 3.05) is 49.3 Å². The van der Waals surface area contributed by atoms with Crippen LogP contribution < -0.4 is 10.6 Å². The van der Waals surface area contributed by atoms with E-state index in [4.69, 9.17) is 10.2 Å². The van der Waals surface area contributed by atoms with Gasteiger partial charge in [-0.15, -0.1) is 0 Å². The van der Waals surface area contributed by atoms with Crippen molar-refractivity contribution in [1.29, 1.82) is 0 Å². The van der Waals surface area contributed by atoms with Gasteiger partial charge in [-0.3, -0.25) is 19.2 Å². The molecule has 168 valence electrons. The van der Waals surface area contributed by atoms with Gasteiger partial charge >= 0.3 is 0 Å². The number of carbonyl (C=O) groups is 4. The number of aliphatic hydroxyl groups is 2. The van der Waals surface area contributed by atoms with Crippen LogP contribution in [0.15, 0.2) is 0 Å². The smallest absolute Gasteiger partial charge is 0.248 e. The fourth-order valence-corrected chi connectivity index (χ4v) is 6.18. The van der Waals surface area contributed by atoms with Gasteiger partial charge in [0.05, 0.1) is 24.7 Å². The predicted octanol–water partition coefficient (Wildman–Crippen LogP) is -4.48. The summed E-state index contributed by atoms with van der Waals surface area (Å²) in [6.07, 6.45) is 0. The molecule has 4 amide bonds. The molecule has 0 aromatic carbocycles. The van der Waals surface area contributed by atoms with Crippen molar-refractivity contribution >= 4 is 45.2 Å². The third-order valence-corrected chi connectivity index (χ3v) is 7.98. The van der Waals surface area contributed by atoms with Crippen molar-refractivity contribution in [2.24, 2.45) is 0 Å². The molecule has 4 fully saturated rings. The molecule has 30 heavy (non-hydrogen) atoms. The molecule has 4 aliphatic heterocycles. The highest BCUT2D eigenvalue weighted by molar-refractivity contribution is 7.99. The van der Waals surface area contributed by atoms with Crippen molar-refractivity contribution in [1.82, 2.24) is 20.4 Å². The zero-order valence-corrected chi connectivity index (χ0v) is 17.7. The van der Waals surface area contributed by atoms with Crippen LogP contribution in [0.4, 0.5) is 0 Å². The number of rotatable bonds is 2. The number of sulfone groups is 1. The van der Waals surface area contributed by atoms with Crippen LogP contribution in [0.2, 0.25) is 0 Å². The van der Waals surface area contributed by atoms with Crippen LogP contribution in [0.5, 0.6) is 0 Å². The van der Waals surface area contributed by atoms with E-state index in [-0.39, 0.29) is 42.5 Å². The summed E-state index contributed by atoms with van der Waals surface area (Å²) in [5, 5.41) is 22.6. The largest absolute Gasteiger partial charge is 0.394 e. The van der Waals surface area contributed by atoms with Gasteiger partial charge in [-0.05, 0) is 0 Å². The highest BCUT2D eigenvalue weighted by Gasteiger charge is 2.45. The van der Waals surface area contributed by atoms with E-state index in [2.05, 4.69) is 10.6 Å². The minimum Gasteiger partial charge on any atom is -0.394 e. The number of piperazine rings is 2. The number of thioether (sulfide) groups is 1. The summed E-state index contributed by atoms with van der Waals surface area (Å²) < 4.78 is 22.7. The Morgan fingerprint density at radius 3 is 2.00 bits per heavy atom. The van der Waals surface area contributed by atoms with Gasteiger partial charge < -0.3 is 30.6 Å². The lowest BCUT2D eigenvalue weighted by Gasteiger charge is -2.40. The maximum Gasteiger partial charge on any atom is 0.248 e. The molecule has 4 rings (SSSR count). The normalized spacial score (nSPS) is 32.9. The molecule has 0 bridgehead atoms. The number of hydrogen-bond donors (Lipinski definition) is 4. The minimum atomic E-state index is -3.25. The first-order valence-corrected chi connectivity index (χ1v) is 12.4. The Labute approximate surface area is 177 Å². The molecular formula is C16H24N4O8S2. The second-order valence-electron chi connectivity index (χ2n) is 7.27. The molecule has 0 aromatic rings. The number of aliphatic hydroxyl groups excluding tert-OH is 2. The van der Waals surface area contributed by atoms with E-state index < -0.39 is 46.4 Å². The Morgan fingerprint density at radius 1 is 0.900 bits per heavy atom.